The van der Waals surface area contributed by atoms with Gasteiger partial charge >= 0.3 is 0 Å². The number of halogens is 2. The van der Waals surface area contributed by atoms with Crippen molar-refractivity contribution in [3.8, 4) is 11.5 Å². The smallest absolute Gasteiger partial charge is 0.161 e. The molecule has 0 atom stereocenters. The van der Waals surface area contributed by atoms with Crippen molar-refractivity contribution in [3.63, 3.8) is 0 Å². The van der Waals surface area contributed by atoms with Gasteiger partial charge in [0.25, 0.3) is 0 Å². The van der Waals surface area contributed by atoms with Crippen molar-refractivity contribution in [2.24, 2.45) is 0 Å². The Bertz CT molecular complexity index is 899. The maximum Gasteiger partial charge on any atom is 0.161 e. The molecule has 3 rings (SSSR count). The second-order valence-corrected chi connectivity index (χ2v) is 6.80. The minimum atomic E-state index is 0.389. The van der Waals surface area contributed by atoms with E-state index >= 15 is 0 Å². The quantitative estimate of drug-likeness (QED) is 0.462. The number of benzene rings is 3. The van der Waals surface area contributed by atoms with Crippen LogP contribution >= 0.6 is 23.2 Å². The van der Waals surface area contributed by atoms with Crippen molar-refractivity contribution in [2.75, 3.05) is 11.9 Å². The summed E-state index contributed by atoms with van der Waals surface area (Å²) in [4.78, 5) is 0. The molecule has 0 aliphatic heterocycles. The third-order valence-electron chi connectivity index (χ3n) is 3.97. The van der Waals surface area contributed by atoms with E-state index in [2.05, 4.69) is 5.32 Å². The first-order chi connectivity index (χ1) is 13.2. The Labute approximate surface area is 169 Å². The van der Waals surface area contributed by atoms with E-state index in [1.54, 1.807) is 0 Å². The lowest BCUT2D eigenvalue weighted by Gasteiger charge is -2.14. The maximum atomic E-state index is 6.20. The summed E-state index contributed by atoms with van der Waals surface area (Å²) in [6, 6.07) is 21.2. The van der Waals surface area contributed by atoms with E-state index in [0.717, 1.165) is 22.6 Å². The summed E-state index contributed by atoms with van der Waals surface area (Å²) in [5.41, 5.74) is 3.00. The molecule has 0 unspecified atom stereocenters. The molecule has 140 valence electrons. The van der Waals surface area contributed by atoms with Crippen molar-refractivity contribution in [1.29, 1.82) is 0 Å². The maximum absolute atomic E-state index is 6.20. The highest BCUT2D eigenvalue weighted by molar-refractivity contribution is 6.31. The normalized spacial score (nSPS) is 10.5. The Morgan fingerprint density at radius 2 is 1.70 bits per heavy atom. The molecular weight excluding hydrogens is 381 g/mol. The molecule has 0 aliphatic rings. The van der Waals surface area contributed by atoms with Gasteiger partial charge in [-0.25, -0.2) is 0 Å². The average Bonchev–Trinajstić information content (AvgIpc) is 2.67. The van der Waals surface area contributed by atoms with Crippen LogP contribution in [0.2, 0.25) is 10.0 Å². The van der Waals surface area contributed by atoms with E-state index in [0.29, 0.717) is 35.6 Å². The molecule has 5 heteroatoms. The van der Waals surface area contributed by atoms with Crippen molar-refractivity contribution in [2.45, 2.75) is 20.1 Å². The number of ether oxygens (including phenoxy) is 2. The van der Waals surface area contributed by atoms with Crippen LogP contribution in [0.3, 0.4) is 0 Å². The molecule has 0 amide bonds. The monoisotopic (exact) mass is 401 g/mol. The predicted molar refractivity (Wildman–Crippen MR) is 112 cm³/mol. The zero-order valence-corrected chi connectivity index (χ0v) is 16.6. The fourth-order valence-electron chi connectivity index (χ4n) is 2.62. The molecule has 0 saturated heterocycles. The highest BCUT2D eigenvalue weighted by Gasteiger charge is 2.08. The first-order valence-corrected chi connectivity index (χ1v) is 9.52. The molecular formula is C22H21Cl2NO2. The summed E-state index contributed by atoms with van der Waals surface area (Å²) in [5, 5.41) is 4.76. The first kappa shape index (κ1) is 19.4. The minimum absolute atomic E-state index is 0.389. The molecule has 0 fully saturated rings. The number of anilines is 1. The molecule has 0 aliphatic carbocycles. The number of nitrogens with one attached hydrogen (secondary N) is 1. The van der Waals surface area contributed by atoms with Gasteiger partial charge in [-0.2, -0.15) is 0 Å². The van der Waals surface area contributed by atoms with Crippen LogP contribution in [0.15, 0.2) is 66.7 Å². The standard InChI is InChI=1S/C22H21Cl2NO2/c1-2-26-22-12-16(14-25-19-8-5-7-18(23)13-19)10-11-21(22)27-15-17-6-3-4-9-20(17)24/h3-13,25H,2,14-15H2,1H3. The van der Waals surface area contributed by atoms with E-state index in [-0.39, 0.29) is 0 Å². The molecule has 0 radical (unpaired) electrons. The van der Waals surface area contributed by atoms with E-state index in [1.807, 2.05) is 73.7 Å². The Kier molecular flexibility index (Phi) is 6.86. The minimum Gasteiger partial charge on any atom is -0.490 e. The summed E-state index contributed by atoms with van der Waals surface area (Å²) < 4.78 is 11.7. The summed E-state index contributed by atoms with van der Waals surface area (Å²) >= 11 is 12.2. The van der Waals surface area contributed by atoms with Gasteiger partial charge in [-0.1, -0.05) is 53.5 Å². The van der Waals surface area contributed by atoms with Crippen LogP contribution in [0.4, 0.5) is 5.69 Å². The molecule has 0 saturated carbocycles. The lowest BCUT2D eigenvalue weighted by atomic mass is 10.2. The molecule has 0 aromatic heterocycles. The van der Waals surface area contributed by atoms with E-state index in [1.165, 1.54) is 0 Å². The molecule has 3 aromatic rings. The Morgan fingerprint density at radius 1 is 0.852 bits per heavy atom. The second-order valence-electron chi connectivity index (χ2n) is 5.96. The highest BCUT2D eigenvalue weighted by Crippen LogP contribution is 2.30. The van der Waals surface area contributed by atoms with Crippen LogP contribution in [-0.4, -0.2) is 6.61 Å². The van der Waals surface area contributed by atoms with Gasteiger partial charge in [0.15, 0.2) is 11.5 Å². The summed E-state index contributed by atoms with van der Waals surface area (Å²) in [5.74, 6) is 1.42. The van der Waals surface area contributed by atoms with Crippen LogP contribution < -0.4 is 14.8 Å². The Hall–Kier alpha value is -2.36. The zero-order chi connectivity index (χ0) is 19.1. The van der Waals surface area contributed by atoms with Gasteiger partial charge in [0.1, 0.15) is 6.61 Å². The molecule has 0 heterocycles. The third-order valence-corrected chi connectivity index (χ3v) is 4.57. The number of rotatable bonds is 8. The summed E-state index contributed by atoms with van der Waals surface area (Å²) in [7, 11) is 0. The SMILES string of the molecule is CCOc1cc(CNc2cccc(Cl)c2)ccc1OCc1ccccc1Cl. The van der Waals surface area contributed by atoms with Gasteiger partial charge in [0, 0.05) is 27.8 Å². The van der Waals surface area contributed by atoms with Gasteiger partial charge in [-0.3, -0.25) is 0 Å². The van der Waals surface area contributed by atoms with Crippen molar-refractivity contribution in [3.05, 3.63) is 87.9 Å². The topological polar surface area (TPSA) is 30.5 Å². The molecule has 0 spiro atoms. The lowest BCUT2D eigenvalue weighted by molar-refractivity contribution is 0.269. The van der Waals surface area contributed by atoms with Crippen LogP contribution in [-0.2, 0) is 13.2 Å². The Morgan fingerprint density at radius 3 is 2.48 bits per heavy atom. The summed E-state index contributed by atoms with van der Waals surface area (Å²) in [6.45, 7) is 3.56. The van der Waals surface area contributed by atoms with Crippen LogP contribution in [0.25, 0.3) is 0 Å². The summed E-state index contributed by atoms with van der Waals surface area (Å²) in [6.07, 6.45) is 0. The lowest BCUT2D eigenvalue weighted by Crippen LogP contribution is -2.03. The third kappa shape index (κ3) is 5.56. The fraction of sp³-hybridized carbons (Fsp3) is 0.182. The van der Waals surface area contributed by atoms with Crippen molar-refractivity contribution < 1.29 is 9.47 Å². The number of hydrogen-bond donors (Lipinski definition) is 1. The van der Waals surface area contributed by atoms with Crippen LogP contribution in [0, 0.1) is 0 Å². The largest absolute Gasteiger partial charge is 0.490 e. The fourth-order valence-corrected chi connectivity index (χ4v) is 3.00. The van der Waals surface area contributed by atoms with Crippen molar-refractivity contribution in [1.82, 2.24) is 0 Å². The van der Waals surface area contributed by atoms with E-state index < -0.39 is 0 Å². The van der Waals surface area contributed by atoms with Gasteiger partial charge in [0.2, 0.25) is 0 Å². The predicted octanol–water partition coefficient (Wildman–Crippen LogP) is 6.58. The van der Waals surface area contributed by atoms with Gasteiger partial charge in [0.05, 0.1) is 6.61 Å². The molecule has 27 heavy (non-hydrogen) atoms. The van der Waals surface area contributed by atoms with Crippen LogP contribution in [0.5, 0.6) is 11.5 Å². The molecule has 3 nitrogen and oxygen atoms in total. The second kappa shape index (κ2) is 9.54. The molecule has 3 aromatic carbocycles. The highest BCUT2D eigenvalue weighted by atomic mass is 35.5. The van der Waals surface area contributed by atoms with Gasteiger partial charge < -0.3 is 14.8 Å². The Balaban J connectivity index is 1.69. The van der Waals surface area contributed by atoms with Gasteiger partial charge in [-0.15, -0.1) is 0 Å². The average molecular weight is 402 g/mol. The first-order valence-electron chi connectivity index (χ1n) is 8.77. The number of hydrogen-bond acceptors (Lipinski definition) is 3. The van der Waals surface area contributed by atoms with E-state index in [9.17, 15) is 0 Å². The van der Waals surface area contributed by atoms with Crippen LogP contribution in [0.1, 0.15) is 18.1 Å². The van der Waals surface area contributed by atoms with E-state index in [4.69, 9.17) is 32.7 Å². The van der Waals surface area contributed by atoms with Gasteiger partial charge in [-0.05, 0) is 48.9 Å². The van der Waals surface area contributed by atoms with Crippen molar-refractivity contribution >= 4 is 28.9 Å². The molecule has 1 N–H and O–H groups in total. The molecule has 0 bridgehead atoms. The zero-order valence-electron chi connectivity index (χ0n) is 15.0.